The molecular weight excluding hydrogens is 260 g/mol. The first kappa shape index (κ1) is 16.0. The van der Waals surface area contributed by atoms with Crippen LogP contribution in [-0.4, -0.2) is 29.1 Å². The summed E-state index contributed by atoms with van der Waals surface area (Å²) in [5.74, 6) is -0.652. The van der Waals surface area contributed by atoms with Crippen molar-refractivity contribution >= 4 is 17.6 Å². The molecular formula is C14H20N2O4. The van der Waals surface area contributed by atoms with Gasteiger partial charge in [0.1, 0.15) is 5.75 Å². The van der Waals surface area contributed by atoms with Gasteiger partial charge in [0, 0.05) is 12.1 Å². The van der Waals surface area contributed by atoms with Crippen molar-refractivity contribution in [2.75, 3.05) is 5.32 Å². The molecule has 110 valence electrons. The molecule has 0 aromatic heterocycles. The molecule has 1 unspecified atom stereocenters. The lowest BCUT2D eigenvalue weighted by molar-refractivity contribution is -0.137. The van der Waals surface area contributed by atoms with Crippen molar-refractivity contribution in [2.45, 2.75) is 38.8 Å². The largest absolute Gasteiger partial charge is 0.491 e. The van der Waals surface area contributed by atoms with Gasteiger partial charge >= 0.3 is 5.97 Å². The van der Waals surface area contributed by atoms with Gasteiger partial charge in [-0.05, 0) is 44.5 Å². The van der Waals surface area contributed by atoms with E-state index >= 15 is 0 Å². The number of nitrogens with two attached hydrogens (primary N) is 1. The number of aliphatic carboxylic acids is 1. The van der Waals surface area contributed by atoms with E-state index in [1.165, 1.54) is 0 Å². The molecule has 0 fully saturated rings. The Morgan fingerprint density at radius 1 is 1.30 bits per heavy atom. The van der Waals surface area contributed by atoms with Gasteiger partial charge < -0.3 is 20.9 Å². The molecule has 0 saturated carbocycles. The summed E-state index contributed by atoms with van der Waals surface area (Å²) in [5.41, 5.74) is 6.20. The Hall–Kier alpha value is -2.08. The zero-order valence-electron chi connectivity index (χ0n) is 11.6. The normalized spacial score (nSPS) is 12.0. The lowest BCUT2D eigenvalue weighted by Gasteiger charge is -2.13. The van der Waals surface area contributed by atoms with Crippen molar-refractivity contribution < 1.29 is 19.4 Å². The highest BCUT2D eigenvalue weighted by Crippen LogP contribution is 2.17. The molecule has 1 aromatic carbocycles. The van der Waals surface area contributed by atoms with Crippen molar-refractivity contribution in [3.8, 4) is 5.75 Å². The van der Waals surface area contributed by atoms with Crippen LogP contribution in [0.25, 0.3) is 0 Å². The number of carbonyl (C=O) groups is 2. The Kier molecular flexibility index (Phi) is 5.99. The Balaban J connectivity index is 2.51. The first-order valence-electron chi connectivity index (χ1n) is 6.43. The van der Waals surface area contributed by atoms with E-state index in [-0.39, 0.29) is 18.9 Å². The zero-order valence-corrected chi connectivity index (χ0v) is 11.6. The number of hydrogen-bond acceptors (Lipinski definition) is 4. The minimum Gasteiger partial charge on any atom is -0.491 e. The van der Waals surface area contributed by atoms with Crippen LogP contribution in [0.4, 0.5) is 5.69 Å². The number of carboxylic acid groups (broad SMARTS) is 1. The van der Waals surface area contributed by atoms with Crippen molar-refractivity contribution in [2.24, 2.45) is 5.73 Å². The second-order valence-corrected chi connectivity index (χ2v) is 4.72. The van der Waals surface area contributed by atoms with Crippen LogP contribution < -0.4 is 15.8 Å². The average molecular weight is 280 g/mol. The molecule has 0 aliphatic carbocycles. The van der Waals surface area contributed by atoms with Gasteiger partial charge in [0.25, 0.3) is 0 Å². The van der Waals surface area contributed by atoms with Crippen molar-refractivity contribution in [3.63, 3.8) is 0 Å². The number of anilines is 1. The predicted molar refractivity (Wildman–Crippen MR) is 75.7 cm³/mol. The highest BCUT2D eigenvalue weighted by atomic mass is 16.5. The van der Waals surface area contributed by atoms with Crippen LogP contribution >= 0.6 is 0 Å². The summed E-state index contributed by atoms with van der Waals surface area (Å²) in [6.07, 6.45) is 0.0609. The highest BCUT2D eigenvalue weighted by Gasteiger charge is 2.14. The quantitative estimate of drug-likeness (QED) is 0.704. The van der Waals surface area contributed by atoms with E-state index in [1.54, 1.807) is 24.3 Å². The van der Waals surface area contributed by atoms with Crippen LogP contribution in [0.15, 0.2) is 24.3 Å². The maximum Gasteiger partial charge on any atom is 0.303 e. The monoisotopic (exact) mass is 280 g/mol. The van der Waals surface area contributed by atoms with E-state index in [2.05, 4.69) is 5.32 Å². The number of ether oxygens (including phenoxy) is 1. The van der Waals surface area contributed by atoms with Gasteiger partial charge in [0.2, 0.25) is 5.91 Å². The van der Waals surface area contributed by atoms with Crippen molar-refractivity contribution in [1.82, 2.24) is 0 Å². The van der Waals surface area contributed by atoms with Crippen molar-refractivity contribution in [3.05, 3.63) is 24.3 Å². The molecule has 0 radical (unpaired) electrons. The molecule has 1 aromatic rings. The maximum atomic E-state index is 11.7. The minimum atomic E-state index is -0.969. The molecule has 0 spiro atoms. The van der Waals surface area contributed by atoms with Gasteiger partial charge in [-0.15, -0.1) is 0 Å². The first-order valence-corrected chi connectivity index (χ1v) is 6.43. The van der Waals surface area contributed by atoms with Crippen LogP contribution in [0.5, 0.6) is 5.75 Å². The molecule has 0 aliphatic heterocycles. The van der Waals surface area contributed by atoms with Gasteiger partial charge in [0.05, 0.1) is 12.1 Å². The molecule has 6 heteroatoms. The topological polar surface area (TPSA) is 102 Å². The summed E-state index contributed by atoms with van der Waals surface area (Å²) < 4.78 is 5.48. The summed E-state index contributed by atoms with van der Waals surface area (Å²) in [5, 5.41) is 11.2. The molecule has 1 atom stereocenters. The SMILES string of the molecule is CC(C)Oc1ccc(NC(=O)C(N)CCC(=O)O)cc1. The van der Waals surface area contributed by atoms with Crippen LogP contribution in [-0.2, 0) is 9.59 Å². The van der Waals surface area contributed by atoms with Crippen LogP contribution in [0.1, 0.15) is 26.7 Å². The third kappa shape index (κ3) is 5.71. The van der Waals surface area contributed by atoms with Crippen LogP contribution in [0, 0.1) is 0 Å². The molecule has 0 saturated heterocycles. The fourth-order valence-electron chi connectivity index (χ4n) is 1.53. The number of benzene rings is 1. The summed E-state index contributed by atoms with van der Waals surface area (Å²) in [4.78, 5) is 22.1. The van der Waals surface area contributed by atoms with E-state index < -0.39 is 17.9 Å². The van der Waals surface area contributed by atoms with Gasteiger partial charge in [0.15, 0.2) is 0 Å². The van der Waals surface area contributed by atoms with Crippen molar-refractivity contribution in [1.29, 1.82) is 0 Å². The Bertz CT molecular complexity index is 457. The minimum absolute atomic E-state index is 0.0832. The fraction of sp³-hybridized carbons (Fsp3) is 0.429. The molecule has 20 heavy (non-hydrogen) atoms. The molecule has 1 rings (SSSR count). The number of carboxylic acids is 1. The maximum absolute atomic E-state index is 11.7. The van der Waals surface area contributed by atoms with Crippen LogP contribution in [0.3, 0.4) is 0 Å². The third-order valence-corrected chi connectivity index (χ3v) is 2.50. The Morgan fingerprint density at radius 3 is 2.40 bits per heavy atom. The Labute approximate surface area is 117 Å². The molecule has 0 bridgehead atoms. The molecule has 0 heterocycles. The van der Waals surface area contributed by atoms with E-state index in [9.17, 15) is 9.59 Å². The third-order valence-electron chi connectivity index (χ3n) is 2.50. The average Bonchev–Trinajstić information content (AvgIpc) is 2.37. The highest BCUT2D eigenvalue weighted by molar-refractivity contribution is 5.94. The summed E-state index contributed by atoms with van der Waals surface area (Å²) in [7, 11) is 0. The number of rotatable bonds is 7. The number of nitrogens with one attached hydrogen (secondary N) is 1. The molecule has 1 amide bonds. The number of hydrogen-bond donors (Lipinski definition) is 3. The summed E-state index contributed by atoms with van der Waals surface area (Å²) >= 11 is 0. The smallest absolute Gasteiger partial charge is 0.303 e. The summed E-state index contributed by atoms with van der Waals surface area (Å²) in [6.45, 7) is 3.86. The molecule has 6 nitrogen and oxygen atoms in total. The van der Waals surface area contributed by atoms with Gasteiger partial charge in [-0.25, -0.2) is 0 Å². The van der Waals surface area contributed by atoms with E-state index in [0.717, 1.165) is 0 Å². The van der Waals surface area contributed by atoms with Gasteiger partial charge in [-0.3, -0.25) is 9.59 Å². The molecule has 0 aliphatic rings. The number of amides is 1. The lowest BCUT2D eigenvalue weighted by Crippen LogP contribution is -2.36. The van der Waals surface area contributed by atoms with E-state index in [1.807, 2.05) is 13.8 Å². The first-order chi connectivity index (χ1) is 9.38. The summed E-state index contributed by atoms with van der Waals surface area (Å²) in [6, 6.07) is 6.08. The molecule has 4 N–H and O–H groups in total. The second kappa shape index (κ2) is 7.49. The number of carbonyl (C=O) groups excluding carboxylic acids is 1. The van der Waals surface area contributed by atoms with E-state index in [0.29, 0.717) is 11.4 Å². The lowest BCUT2D eigenvalue weighted by atomic mass is 10.1. The fourth-order valence-corrected chi connectivity index (χ4v) is 1.53. The van der Waals surface area contributed by atoms with E-state index in [4.69, 9.17) is 15.6 Å². The van der Waals surface area contributed by atoms with Crippen LogP contribution in [0.2, 0.25) is 0 Å². The van der Waals surface area contributed by atoms with Gasteiger partial charge in [-0.2, -0.15) is 0 Å². The zero-order chi connectivity index (χ0) is 15.1. The second-order valence-electron chi connectivity index (χ2n) is 4.72. The standard InChI is InChI=1S/C14H20N2O4/c1-9(2)20-11-5-3-10(4-6-11)16-14(19)12(15)7-8-13(17)18/h3-6,9,12H,7-8,15H2,1-2H3,(H,16,19)(H,17,18). The predicted octanol–water partition coefficient (Wildman–Crippen LogP) is 1.60. The van der Waals surface area contributed by atoms with Gasteiger partial charge in [-0.1, -0.05) is 0 Å². The Morgan fingerprint density at radius 2 is 1.90 bits per heavy atom.